The molecular weight excluding hydrogens is 324 g/mol. The standard InChI is InChI=1S/C18H14N2O3S/c1-24-11-4-2-10(3-5-11)17-12-6-15-16(22-9-21-15)7-14(12)23-18(20)13(17)8-19/h2-7,17H,9,20H2,1H3/t17-/m1/s1. The molecule has 0 unspecified atom stereocenters. The van der Waals surface area contributed by atoms with Gasteiger partial charge in [0.15, 0.2) is 11.5 Å². The highest BCUT2D eigenvalue weighted by Gasteiger charge is 2.33. The third-order valence-corrected chi connectivity index (χ3v) is 4.90. The SMILES string of the molecule is CSc1ccc([C@H]2C(C#N)=C(N)Oc3cc4c(cc32)OCO4)cc1. The Morgan fingerprint density at radius 2 is 1.83 bits per heavy atom. The van der Waals surface area contributed by atoms with E-state index in [1.54, 1.807) is 17.8 Å². The van der Waals surface area contributed by atoms with Crippen molar-refractivity contribution in [1.82, 2.24) is 0 Å². The number of benzene rings is 2. The Morgan fingerprint density at radius 3 is 2.50 bits per heavy atom. The minimum Gasteiger partial charge on any atom is -0.454 e. The molecule has 2 aromatic rings. The lowest BCUT2D eigenvalue weighted by atomic mass is 9.83. The van der Waals surface area contributed by atoms with Gasteiger partial charge in [0.1, 0.15) is 17.4 Å². The summed E-state index contributed by atoms with van der Waals surface area (Å²) in [5, 5.41) is 9.59. The summed E-state index contributed by atoms with van der Waals surface area (Å²) in [5.41, 5.74) is 8.22. The molecule has 2 aliphatic rings. The van der Waals surface area contributed by atoms with Gasteiger partial charge < -0.3 is 19.9 Å². The second-order valence-electron chi connectivity index (χ2n) is 5.44. The molecule has 2 heterocycles. The number of fused-ring (bicyclic) bond motifs is 2. The Labute approximate surface area is 143 Å². The van der Waals surface area contributed by atoms with E-state index >= 15 is 0 Å². The number of hydrogen-bond acceptors (Lipinski definition) is 6. The Balaban J connectivity index is 1.88. The van der Waals surface area contributed by atoms with E-state index in [-0.39, 0.29) is 18.6 Å². The van der Waals surface area contributed by atoms with Crippen molar-refractivity contribution in [3.8, 4) is 23.3 Å². The molecule has 0 aromatic heterocycles. The van der Waals surface area contributed by atoms with Crippen molar-refractivity contribution >= 4 is 11.8 Å². The lowest BCUT2D eigenvalue weighted by Gasteiger charge is -2.26. The zero-order chi connectivity index (χ0) is 16.7. The van der Waals surface area contributed by atoms with Crippen molar-refractivity contribution in [1.29, 1.82) is 5.26 Å². The average molecular weight is 338 g/mol. The normalized spacial score (nSPS) is 17.9. The summed E-state index contributed by atoms with van der Waals surface area (Å²) in [6.45, 7) is 0.180. The number of nitriles is 1. The lowest BCUT2D eigenvalue weighted by molar-refractivity contribution is 0.174. The maximum Gasteiger partial charge on any atom is 0.231 e. The number of hydrogen-bond donors (Lipinski definition) is 1. The number of nitrogens with two attached hydrogens (primary N) is 1. The van der Waals surface area contributed by atoms with E-state index in [0.29, 0.717) is 22.8 Å². The molecule has 2 aliphatic heterocycles. The van der Waals surface area contributed by atoms with Crippen molar-refractivity contribution in [2.45, 2.75) is 10.8 Å². The van der Waals surface area contributed by atoms with Gasteiger partial charge in [0.2, 0.25) is 12.7 Å². The third kappa shape index (κ3) is 2.25. The molecule has 0 aliphatic carbocycles. The quantitative estimate of drug-likeness (QED) is 0.846. The number of thioether (sulfide) groups is 1. The molecule has 5 nitrogen and oxygen atoms in total. The molecule has 0 radical (unpaired) electrons. The van der Waals surface area contributed by atoms with Crippen LogP contribution in [0.15, 0.2) is 52.7 Å². The molecule has 6 heteroatoms. The number of rotatable bonds is 2. The molecule has 2 N–H and O–H groups in total. The van der Waals surface area contributed by atoms with Crippen molar-refractivity contribution < 1.29 is 14.2 Å². The minimum absolute atomic E-state index is 0.128. The van der Waals surface area contributed by atoms with E-state index in [0.717, 1.165) is 16.0 Å². The zero-order valence-electron chi connectivity index (χ0n) is 12.9. The molecule has 0 spiro atoms. The topological polar surface area (TPSA) is 77.5 Å². The van der Waals surface area contributed by atoms with E-state index in [1.165, 1.54) is 0 Å². The summed E-state index contributed by atoms with van der Waals surface area (Å²) in [4.78, 5) is 1.16. The molecule has 0 saturated heterocycles. The average Bonchev–Trinajstić information content (AvgIpc) is 3.06. The molecule has 1 atom stereocenters. The summed E-state index contributed by atoms with van der Waals surface area (Å²) in [7, 11) is 0. The van der Waals surface area contributed by atoms with Crippen molar-refractivity contribution in [3.05, 3.63) is 59.0 Å². The van der Waals surface area contributed by atoms with E-state index in [4.69, 9.17) is 19.9 Å². The number of nitrogens with zero attached hydrogens (tertiary/aromatic N) is 1. The van der Waals surface area contributed by atoms with E-state index in [1.807, 2.05) is 36.6 Å². The van der Waals surface area contributed by atoms with Crippen LogP contribution in [0.25, 0.3) is 0 Å². The van der Waals surface area contributed by atoms with Crippen molar-refractivity contribution in [2.75, 3.05) is 13.0 Å². The fraction of sp³-hybridized carbons (Fsp3) is 0.167. The fourth-order valence-corrected chi connectivity index (χ4v) is 3.39. The Bertz CT molecular complexity index is 884. The second-order valence-corrected chi connectivity index (χ2v) is 6.32. The van der Waals surface area contributed by atoms with Crippen LogP contribution >= 0.6 is 11.8 Å². The first-order chi connectivity index (χ1) is 11.7. The van der Waals surface area contributed by atoms with Crippen LogP contribution in [-0.4, -0.2) is 13.0 Å². The van der Waals surface area contributed by atoms with Crippen molar-refractivity contribution in [3.63, 3.8) is 0 Å². The Kier molecular flexibility index (Phi) is 3.51. The number of allylic oxidation sites excluding steroid dienone is 1. The highest BCUT2D eigenvalue weighted by molar-refractivity contribution is 7.98. The van der Waals surface area contributed by atoms with Gasteiger partial charge in [-0.2, -0.15) is 5.26 Å². The molecule has 0 saturated carbocycles. The first-order valence-electron chi connectivity index (χ1n) is 7.36. The van der Waals surface area contributed by atoms with Gasteiger partial charge in [0.25, 0.3) is 0 Å². The largest absolute Gasteiger partial charge is 0.454 e. The number of ether oxygens (including phenoxy) is 3. The maximum atomic E-state index is 9.59. The molecule has 0 fully saturated rings. The molecule has 0 bridgehead atoms. The molecule has 2 aromatic carbocycles. The molecule has 120 valence electrons. The molecule has 24 heavy (non-hydrogen) atoms. The maximum absolute atomic E-state index is 9.59. The summed E-state index contributed by atoms with van der Waals surface area (Å²) >= 11 is 1.67. The van der Waals surface area contributed by atoms with Gasteiger partial charge in [-0.05, 0) is 30.0 Å². The van der Waals surface area contributed by atoms with Crippen LogP contribution in [0.1, 0.15) is 17.0 Å². The summed E-state index contributed by atoms with van der Waals surface area (Å²) in [6, 6.07) is 13.9. The van der Waals surface area contributed by atoms with Gasteiger partial charge >= 0.3 is 0 Å². The van der Waals surface area contributed by atoms with Crippen molar-refractivity contribution in [2.24, 2.45) is 5.73 Å². The van der Waals surface area contributed by atoms with Crippen LogP contribution in [0.3, 0.4) is 0 Å². The fourth-order valence-electron chi connectivity index (χ4n) is 2.99. The van der Waals surface area contributed by atoms with Gasteiger partial charge in [-0.25, -0.2) is 0 Å². The molecular formula is C18H14N2O3S. The van der Waals surface area contributed by atoms with Crippen LogP contribution in [0.5, 0.6) is 17.2 Å². The predicted octanol–water partition coefficient (Wildman–Crippen LogP) is 3.36. The highest BCUT2D eigenvalue weighted by Crippen LogP contribution is 2.47. The molecule has 0 amide bonds. The molecule has 4 rings (SSSR count). The van der Waals surface area contributed by atoms with Crippen LogP contribution in [-0.2, 0) is 0 Å². The van der Waals surface area contributed by atoms with Crippen LogP contribution in [0, 0.1) is 11.3 Å². The first-order valence-corrected chi connectivity index (χ1v) is 8.59. The van der Waals surface area contributed by atoms with E-state index < -0.39 is 0 Å². The minimum atomic E-state index is -0.288. The van der Waals surface area contributed by atoms with Gasteiger partial charge in [-0.1, -0.05) is 12.1 Å². The summed E-state index contributed by atoms with van der Waals surface area (Å²) in [6.07, 6.45) is 2.03. The van der Waals surface area contributed by atoms with Gasteiger partial charge in [0, 0.05) is 16.5 Å². The van der Waals surface area contributed by atoms with E-state index in [2.05, 4.69) is 6.07 Å². The predicted molar refractivity (Wildman–Crippen MR) is 90.1 cm³/mol. The first kappa shape index (κ1) is 14.8. The summed E-state index contributed by atoms with van der Waals surface area (Å²) in [5.74, 6) is 1.71. The highest BCUT2D eigenvalue weighted by atomic mass is 32.2. The van der Waals surface area contributed by atoms with Gasteiger partial charge in [-0.15, -0.1) is 11.8 Å². The lowest BCUT2D eigenvalue weighted by Crippen LogP contribution is -2.21. The monoisotopic (exact) mass is 338 g/mol. The third-order valence-electron chi connectivity index (χ3n) is 4.16. The van der Waals surface area contributed by atoms with Gasteiger partial charge in [-0.3, -0.25) is 0 Å². The Morgan fingerprint density at radius 1 is 1.12 bits per heavy atom. The van der Waals surface area contributed by atoms with Gasteiger partial charge in [0.05, 0.1) is 5.92 Å². The van der Waals surface area contributed by atoms with Crippen LogP contribution in [0.4, 0.5) is 0 Å². The zero-order valence-corrected chi connectivity index (χ0v) is 13.7. The summed E-state index contributed by atoms with van der Waals surface area (Å²) < 4.78 is 16.5. The smallest absolute Gasteiger partial charge is 0.231 e. The second kappa shape index (κ2) is 5.69. The Hall–Kier alpha value is -2.78. The van der Waals surface area contributed by atoms with E-state index in [9.17, 15) is 5.26 Å². The van der Waals surface area contributed by atoms with Crippen LogP contribution in [0.2, 0.25) is 0 Å². The van der Waals surface area contributed by atoms with Crippen LogP contribution < -0.4 is 19.9 Å².